The van der Waals surface area contributed by atoms with Gasteiger partial charge in [-0.1, -0.05) is 18.2 Å². The molecule has 1 atom stereocenters. The highest BCUT2D eigenvalue weighted by atomic mass is 16.5. The summed E-state index contributed by atoms with van der Waals surface area (Å²) in [5, 5.41) is 7.17. The highest BCUT2D eigenvalue weighted by Crippen LogP contribution is 2.46. The van der Waals surface area contributed by atoms with Crippen LogP contribution in [0, 0.1) is 0 Å². The summed E-state index contributed by atoms with van der Waals surface area (Å²) in [6.07, 6.45) is 8.60. The molecule has 0 amide bonds. The van der Waals surface area contributed by atoms with Gasteiger partial charge >= 0.3 is 0 Å². The molecule has 26 heavy (non-hydrogen) atoms. The molecule has 2 N–H and O–H groups in total. The van der Waals surface area contributed by atoms with E-state index in [1.165, 1.54) is 31.2 Å². The number of nitrogens with one attached hydrogen (secondary N) is 2. The number of guanidine groups is 1. The number of likely N-dealkylation sites (N-methyl/N-ethyl adjacent to an activating group) is 1. The zero-order valence-electron chi connectivity index (χ0n) is 16.1. The minimum atomic E-state index is 0.0110. The molecule has 4 rings (SSSR count). The van der Waals surface area contributed by atoms with E-state index in [2.05, 4.69) is 51.8 Å². The van der Waals surface area contributed by atoms with E-state index in [0.29, 0.717) is 0 Å². The largest absolute Gasteiger partial charge is 0.487 e. The number of para-hydroxylation sites is 1. The van der Waals surface area contributed by atoms with Crippen molar-refractivity contribution >= 4 is 5.96 Å². The predicted octanol–water partition coefficient (Wildman–Crippen LogP) is 3.08. The smallest absolute Gasteiger partial charge is 0.191 e. The minimum Gasteiger partial charge on any atom is -0.487 e. The summed E-state index contributed by atoms with van der Waals surface area (Å²) in [7, 11) is 4.07. The molecule has 0 radical (unpaired) electrons. The fraction of sp³-hybridized carbons (Fsp3) is 0.667. The van der Waals surface area contributed by atoms with Crippen LogP contribution in [0.3, 0.4) is 0 Å². The summed E-state index contributed by atoms with van der Waals surface area (Å²) < 4.78 is 6.46. The van der Waals surface area contributed by atoms with Crippen LogP contribution in [0.2, 0.25) is 0 Å². The third kappa shape index (κ3) is 3.83. The van der Waals surface area contributed by atoms with Crippen LogP contribution >= 0.6 is 0 Å². The van der Waals surface area contributed by atoms with Crippen molar-refractivity contribution in [2.45, 2.75) is 62.6 Å². The molecule has 5 heteroatoms. The van der Waals surface area contributed by atoms with Gasteiger partial charge in [-0.25, -0.2) is 0 Å². The van der Waals surface area contributed by atoms with Gasteiger partial charge in [0, 0.05) is 38.2 Å². The van der Waals surface area contributed by atoms with Crippen LogP contribution in [-0.4, -0.2) is 49.7 Å². The molecule has 0 aromatic heterocycles. The van der Waals surface area contributed by atoms with Crippen molar-refractivity contribution in [2.75, 3.05) is 27.2 Å². The SMILES string of the molecule is CN=C(NCCN(C)C1CC1)NC1CC2(CCCC2)Oc2ccccc21. The maximum absolute atomic E-state index is 6.46. The maximum Gasteiger partial charge on any atom is 0.191 e. The van der Waals surface area contributed by atoms with Crippen LogP contribution in [0.5, 0.6) is 5.75 Å². The van der Waals surface area contributed by atoms with Gasteiger partial charge < -0.3 is 20.3 Å². The Morgan fingerprint density at radius 3 is 2.77 bits per heavy atom. The van der Waals surface area contributed by atoms with E-state index in [1.54, 1.807) is 0 Å². The normalized spacial score (nSPS) is 24.4. The van der Waals surface area contributed by atoms with Crippen molar-refractivity contribution < 1.29 is 4.74 Å². The lowest BCUT2D eigenvalue weighted by Gasteiger charge is -2.40. The number of hydrogen-bond donors (Lipinski definition) is 2. The Morgan fingerprint density at radius 2 is 2.04 bits per heavy atom. The number of rotatable bonds is 5. The summed E-state index contributed by atoms with van der Waals surface area (Å²) in [5.41, 5.74) is 1.26. The molecular weight excluding hydrogens is 324 g/mol. The summed E-state index contributed by atoms with van der Waals surface area (Å²) in [5.74, 6) is 1.94. The molecule has 1 aliphatic heterocycles. The van der Waals surface area contributed by atoms with Gasteiger partial charge in [0.25, 0.3) is 0 Å². The molecule has 2 aliphatic carbocycles. The minimum absolute atomic E-state index is 0.0110. The summed E-state index contributed by atoms with van der Waals surface area (Å²) in [6, 6.07) is 9.53. The zero-order valence-corrected chi connectivity index (χ0v) is 16.1. The molecule has 1 heterocycles. The average Bonchev–Trinajstić information content (AvgIpc) is 3.42. The average molecular weight is 357 g/mol. The van der Waals surface area contributed by atoms with E-state index >= 15 is 0 Å². The van der Waals surface area contributed by atoms with E-state index in [4.69, 9.17) is 4.74 Å². The number of ether oxygens (including phenoxy) is 1. The summed E-state index contributed by atoms with van der Waals surface area (Å²) in [6.45, 7) is 1.97. The first-order valence-electron chi connectivity index (χ1n) is 10.1. The predicted molar refractivity (Wildman–Crippen MR) is 106 cm³/mol. The van der Waals surface area contributed by atoms with E-state index in [1.807, 2.05) is 7.05 Å². The van der Waals surface area contributed by atoms with Crippen molar-refractivity contribution in [3.63, 3.8) is 0 Å². The topological polar surface area (TPSA) is 48.9 Å². The fourth-order valence-corrected chi connectivity index (χ4v) is 4.48. The van der Waals surface area contributed by atoms with Crippen LogP contribution in [0.15, 0.2) is 29.3 Å². The van der Waals surface area contributed by atoms with E-state index < -0.39 is 0 Å². The number of fused-ring (bicyclic) bond motifs is 1. The Morgan fingerprint density at radius 1 is 1.27 bits per heavy atom. The molecule has 1 unspecified atom stereocenters. The van der Waals surface area contributed by atoms with Crippen molar-refractivity contribution in [3.8, 4) is 5.75 Å². The number of aliphatic imine (C=N–C) groups is 1. The number of benzene rings is 1. The van der Waals surface area contributed by atoms with Gasteiger partial charge in [-0.15, -0.1) is 0 Å². The second kappa shape index (κ2) is 7.47. The van der Waals surface area contributed by atoms with Crippen LogP contribution in [0.25, 0.3) is 0 Å². The third-order valence-electron chi connectivity index (χ3n) is 6.17. The third-order valence-corrected chi connectivity index (χ3v) is 6.17. The lowest BCUT2D eigenvalue weighted by molar-refractivity contribution is 0.0396. The Kier molecular flexibility index (Phi) is 5.07. The van der Waals surface area contributed by atoms with Gasteiger partial charge in [-0.05, 0) is 51.6 Å². The lowest BCUT2D eigenvalue weighted by Crippen LogP contribution is -2.47. The highest BCUT2D eigenvalue weighted by molar-refractivity contribution is 5.80. The van der Waals surface area contributed by atoms with Crippen molar-refractivity contribution in [3.05, 3.63) is 29.8 Å². The molecule has 2 fully saturated rings. The molecule has 5 nitrogen and oxygen atoms in total. The van der Waals surface area contributed by atoms with Crippen LogP contribution in [0.1, 0.15) is 56.6 Å². The van der Waals surface area contributed by atoms with Crippen molar-refractivity contribution in [1.29, 1.82) is 0 Å². The van der Waals surface area contributed by atoms with Crippen molar-refractivity contribution in [1.82, 2.24) is 15.5 Å². The second-order valence-electron chi connectivity index (χ2n) is 8.14. The van der Waals surface area contributed by atoms with Gasteiger partial charge in [0.15, 0.2) is 5.96 Å². The molecule has 142 valence electrons. The first-order valence-corrected chi connectivity index (χ1v) is 10.1. The molecule has 0 saturated heterocycles. The summed E-state index contributed by atoms with van der Waals surface area (Å²) in [4.78, 5) is 6.90. The van der Waals surface area contributed by atoms with Gasteiger partial charge in [-0.2, -0.15) is 0 Å². The highest BCUT2D eigenvalue weighted by Gasteiger charge is 2.43. The maximum atomic E-state index is 6.46. The fourth-order valence-electron chi connectivity index (χ4n) is 4.48. The zero-order chi connectivity index (χ0) is 18.0. The molecular formula is C21H32N4O. The van der Waals surface area contributed by atoms with Crippen LogP contribution in [0.4, 0.5) is 0 Å². The van der Waals surface area contributed by atoms with Gasteiger partial charge in [0.1, 0.15) is 11.4 Å². The monoisotopic (exact) mass is 356 g/mol. The Balaban J connectivity index is 1.41. The molecule has 3 aliphatic rings. The van der Waals surface area contributed by atoms with E-state index in [0.717, 1.165) is 50.1 Å². The van der Waals surface area contributed by atoms with Crippen LogP contribution < -0.4 is 15.4 Å². The molecule has 2 saturated carbocycles. The molecule has 1 aromatic rings. The quantitative estimate of drug-likeness (QED) is 0.629. The number of hydrogen-bond acceptors (Lipinski definition) is 3. The Hall–Kier alpha value is -1.75. The van der Waals surface area contributed by atoms with Gasteiger partial charge in [0.05, 0.1) is 6.04 Å². The van der Waals surface area contributed by atoms with Crippen LogP contribution in [-0.2, 0) is 0 Å². The Labute approximate surface area is 157 Å². The molecule has 1 spiro atoms. The second-order valence-corrected chi connectivity index (χ2v) is 8.14. The molecule has 0 bridgehead atoms. The van der Waals surface area contributed by atoms with E-state index in [9.17, 15) is 0 Å². The van der Waals surface area contributed by atoms with Crippen molar-refractivity contribution in [2.24, 2.45) is 4.99 Å². The van der Waals surface area contributed by atoms with Gasteiger partial charge in [0.2, 0.25) is 0 Å². The van der Waals surface area contributed by atoms with Gasteiger partial charge in [-0.3, -0.25) is 4.99 Å². The first kappa shape index (κ1) is 17.7. The summed E-state index contributed by atoms with van der Waals surface area (Å²) >= 11 is 0. The Bertz CT molecular complexity index is 649. The van der Waals surface area contributed by atoms with E-state index in [-0.39, 0.29) is 11.6 Å². The number of nitrogens with zero attached hydrogens (tertiary/aromatic N) is 2. The lowest BCUT2D eigenvalue weighted by atomic mass is 9.86. The first-order chi connectivity index (χ1) is 12.7. The standard InChI is InChI=1S/C21H32N4O/c1-22-20(23-13-14-25(2)16-9-10-16)24-18-15-21(11-5-6-12-21)26-19-8-4-3-7-17(18)19/h3-4,7-8,16,18H,5-6,9-15H2,1-2H3,(H2,22,23,24). The molecule has 1 aromatic carbocycles.